The molecule has 1 heterocycles. The lowest BCUT2D eigenvalue weighted by Crippen LogP contribution is -2.54. The van der Waals surface area contributed by atoms with Crippen LogP contribution in [0.5, 0.6) is 5.75 Å². The number of rotatable bonds is 12. The van der Waals surface area contributed by atoms with E-state index < -0.39 is 39.4 Å². The lowest BCUT2D eigenvalue weighted by Gasteiger charge is -2.38. The number of anilines is 1. The summed E-state index contributed by atoms with van der Waals surface area (Å²) in [5.41, 5.74) is 15.0. The Hall–Kier alpha value is -5.16. The molecule has 0 aromatic heterocycles. The molecule has 1 aliphatic heterocycles. The van der Waals surface area contributed by atoms with Gasteiger partial charge in [0, 0.05) is 19.3 Å². The minimum Gasteiger partial charge on any atom is -0.487 e. The summed E-state index contributed by atoms with van der Waals surface area (Å²) in [5, 5.41) is 0. The molecule has 4 aromatic carbocycles. The number of carbonyl (C=O) groups excluding carboxylic acids is 2. The molecular weight excluding hydrogens is 675 g/mol. The van der Waals surface area contributed by atoms with Crippen molar-refractivity contribution in [1.82, 2.24) is 4.31 Å². The molecule has 1 aliphatic rings. The topological polar surface area (TPSA) is 148 Å². The summed E-state index contributed by atoms with van der Waals surface area (Å²) in [7, 11) is -3.14. The number of amides is 2. The van der Waals surface area contributed by atoms with E-state index in [0.29, 0.717) is 52.1 Å². The highest BCUT2D eigenvalue weighted by molar-refractivity contribution is 7.89. The van der Waals surface area contributed by atoms with Crippen LogP contribution in [0.25, 0.3) is 0 Å². The minimum absolute atomic E-state index is 0.00432. The standard InChI is InChI=1S/C41H49N5O5S/c1-27-28(2)37(29(3)33-24-25-41(4,5)51-36(27)33)52(49,50)46(39(48)35(30-17-10-7-11-18-30)31-19-12-8-13-20-31)34(23-16-26-44-40(42)43)38(47)45(6)32-21-14-9-15-22-32/h7-15,17-22,34-35H,16,23-26H2,1-6H3,(H4,42,43,44)/t34-/m0/s1. The van der Waals surface area contributed by atoms with Gasteiger partial charge < -0.3 is 21.1 Å². The molecule has 0 fully saturated rings. The van der Waals surface area contributed by atoms with E-state index >= 15 is 13.2 Å². The fourth-order valence-corrected chi connectivity index (χ4v) is 9.12. The monoisotopic (exact) mass is 723 g/mol. The first-order valence-corrected chi connectivity index (χ1v) is 19.0. The summed E-state index contributed by atoms with van der Waals surface area (Å²) < 4.78 is 38.5. The van der Waals surface area contributed by atoms with E-state index in [4.69, 9.17) is 16.2 Å². The summed E-state index contributed by atoms with van der Waals surface area (Å²) in [6, 6.07) is 25.6. The molecule has 0 spiro atoms. The Kier molecular flexibility index (Phi) is 11.4. The van der Waals surface area contributed by atoms with Crippen LogP contribution in [0, 0.1) is 20.8 Å². The molecule has 4 N–H and O–H groups in total. The summed E-state index contributed by atoms with van der Waals surface area (Å²) in [4.78, 5) is 35.8. The van der Waals surface area contributed by atoms with Gasteiger partial charge in [-0.3, -0.25) is 14.6 Å². The number of guanidine groups is 1. The van der Waals surface area contributed by atoms with E-state index in [-0.39, 0.29) is 30.2 Å². The Labute approximate surface area is 307 Å². The lowest BCUT2D eigenvalue weighted by molar-refractivity contribution is -0.134. The zero-order valence-electron chi connectivity index (χ0n) is 30.8. The largest absolute Gasteiger partial charge is 0.487 e. The van der Waals surface area contributed by atoms with Crippen LogP contribution in [0.4, 0.5) is 5.69 Å². The predicted molar refractivity (Wildman–Crippen MR) is 206 cm³/mol. The van der Waals surface area contributed by atoms with E-state index in [2.05, 4.69) is 4.99 Å². The highest BCUT2D eigenvalue weighted by Gasteiger charge is 2.46. The molecule has 10 nitrogen and oxygen atoms in total. The molecule has 0 saturated heterocycles. The Morgan fingerprint density at radius 3 is 1.90 bits per heavy atom. The second kappa shape index (κ2) is 15.6. The number of aliphatic imine (C=N–C) groups is 1. The minimum atomic E-state index is -4.73. The number of para-hydroxylation sites is 1. The van der Waals surface area contributed by atoms with Crippen molar-refractivity contribution in [3.8, 4) is 5.75 Å². The van der Waals surface area contributed by atoms with Gasteiger partial charge in [0.15, 0.2) is 5.96 Å². The first kappa shape index (κ1) is 38.1. The molecule has 0 bridgehead atoms. The summed E-state index contributed by atoms with van der Waals surface area (Å²) >= 11 is 0. The zero-order valence-corrected chi connectivity index (χ0v) is 31.6. The van der Waals surface area contributed by atoms with Crippen LogP contribution in [0.1, 0.15) is 72.4 Å². The first-order chi connectivity index (χ1) is 24.7. The SMILES string of the molecule is Cc1c(C)c(S(=O)(=O)N(C(=O)C(c2ccccc2)c2ccccc2)[C@@H](CCCN=C(N)N)C(=O)N(C)c2ccccc2)c(C)c2c1OC(C)(C)CC2. The van der Waals surface area contributed by atoms with E-state index in [0.717, 1.165) is 9.87 Å². The van der Waals surface area contributed by atoms with Gasteiger partial charge in [0.2, 0.25) is 5.91 Å². The molecule has 274 valence electrons. The van der Waals surface area contributed by atoms with Crippen molar-refractivity contribution in [2.45, 2.75) is 82.8 Å². The number of ether oxygens (including phenoxy) is 1. The maximum absolute atomic E-state index is 15.6. The van der Waals surface area contributed by atoms with Crippen LogP contribution in [0.2, 0.25) is 0 Å². The molecule has 2 amide bonds. The predicted octanol–water partition coefficient (Wildman–Crippen LogP) is 6.15. The molecule has 0 radical (unpaired) electrons. The fraction of sp³-hybridized carbons (Fsp3) is 0.341. The van der Waals surface area contributed by atoms with Gasteiger partial charge >= 0.3 is 0 Å². The van der Waals surface area contributed by atoms with Crippen LogP contribution in [0.15, 0.2) is 101 Å². The summed E-state index contributed by atoms with van der Waals surface area (Å²) in [5.74, 6) is -1.81. The maximum atomic E-state index is 15.6. The third-order valence-corrected chi connectivity index (χ3v) is 12.0. The normalized spacial score (nSPS) is 14.1. The summed E-state index contributed by atoms with van der Waals surface area (Å²) in [6.45, 7) is 9.51. The second-order valence-corrected chi connectivity index (χ2v) is 15.7. The molecule has 4 aromatic rings. The molecule has 1 atom stereocenters. The quantitative estimate of drug-likeness (QED) is 0.101. The number of hydrogen-bond donors (Lipinski definition) is 2. The van der Waals surface area contributed by atoms with Crippen molar-refractivity contribution >= 4 is 33.5 Å². The van der Waals surface area contributed by atoms with Crippen LogP contribution in [0.3, 0.4) is 0 Å². The highest BCUT2D eigenvalue weighted by Crippen LogP contribution is 2.44. The number of nitrogens with two attached hydrogens (primary N) is 2. The number of likely N-dealkylation sites (N-methyl/N-ethyl adjacent to an activating group) is 1. The van der Waals surface area contributed by atoms with Gasteiger partial charge in [0.25, 0.3) is 15.9 Å². The van der Waals surface area contributed by atoms with Crippen LogP contribution >= 0.6 is 0 Å². The first-order valence-electron chi connectivity index (χ1n) is 17.5. The summed E-state index contributed by atoms with van der Waals surface area (Å²) in [6.07, 6.45) is 1.47. The Bertz CT molecular complexity index is 2010. The van der Waals surface area contributed by atoms with E-state index in [1.54, 1.807) is 93.7 Å². The van der Waals surface area contributed by atoms with Gasteiger partial charge in [-0.15, -0.1) is 0 Å². The van der Waals surface area contributed by atoms with Gasteiger partial charge in [-0.2, -0.15) is 0 Å². The number of sulfonamides is 1. The average Bonchev–Trinajstić information content (AvgIpc) is 3.12. The fourth-order valence-electron chi connectivity index (χ4n) is 7.00. The van der Waals surface area contributed by atoms with Gasteiger partial charge in [-0.25, -0.2) is 12.7 Å². The van der Waals surface area contributed by atoms with Crippen LogP contribution < -0.4 is 21.1 Å². The lowest BCUT2D eigenvalue weighted by atomic mass is 9.88. The molecular formula is C41H49N5O5S. The van der Waals surface area contributed by atoms with Gasteiger partial charge in [-0.05, 0) is 106 Å². The van der Waals surface area contributed by atoms with E-state index in [1.165, 1.54) is 4.90 Å². The number of fused-ring (bicyclic) bond motifs is 1. The smallest absolute Gasteiger partial charge is 0.267 e. The van der Waals surface area contributed by atoms with Crippen molar-refractivity contribution in [3.63, 3.8) is 0 Å². The van der Waals surface area contributed by atoms with Crippen LogP contribution in [-0.2, 0) is 26.0 Å². The molecule has 52 heavy (non-hydrogen) atoms. The molecule has 0 unspecified atom stereocenters. The van der Waals surface area contributed by atoms with Gasteiger partial charge in [-0.1, -0.05) is 78.9 Å². The second-order valence-electron chi connectivity index (χ2n) is 14.0. The van der Waals surface area contributed by atoms with Gasteiger partial charge in [0.05, 0.1) is 10.8 Å². The third-order valence-electron chi connectivity index (χ3n) is 9.89. The van der Waals surface area contributed by atoms with Crippen molar-refractivity contribution < 1.29 is 22.7 Å². The molecule has 0 saturated carbocycles. The molecule has 0 aliphatic carbocycles. The van der Waals surface area contributed by atoms with Crippen molar-refractivity contribution in [2.75, 3.05) is 18.5 Å². The number of benzene rings is 4. The average molecular weight is 724 g/mol. The Morgan fingerprint density at radius 2 is 1.37 bits per heavy atom. The van der Waals surface area contributed by atoms with Crippen molar-refractivity contribution in [2.24, 2.45) is 16.5 Å². The van der Waals surface area contributed by atoms with Crippen LogP contribution in [-0.4, -0.2) is 55.7 Å². The third kappa shape index (κ3) is 7.84. The van der Waals surface area contributed by atoms with E-state index in [1.807, 2.05) is 39.0 Å². The number of carbonyl (C=O) groups is 2. The maximum Gasteiger partial charge on any atom is 0.267 e. The molecule has 5 rings (SSSR count). The van der Waals surface area contributed by atoms with Crippen molar-refractivity contribution in [3.05, 3.63) is 124 Å². The Balaban J connectivity index is 1.78. The van der Waals surface area contributed by atoms with E-state index in [9.17, 15) is 4.79 Å². The van der Waals surface area contributed by atoms with Crippen molar-refractivity contribution in [1.29, 1.82) is 0 Å². The zero-order chi connectivity index (χ0) is 37.8. The Morgan fingerprint density at radius 1 is 0.827 bits per heavy atom. The molecule has 11 heteroatoms. The number of hydrogen-bond acceptors (Lipinski definition) is 6. The number of nitrogens with zero attached hydrogens (tertiary/aromatic N) is 3. The van der Waals surface area contributed by atoms with Gasteiger partial charge in [0.1, 0.15) is 17.4 Å². The highest BCUT2D eigenvalue weighted by atomic mass is 32.2.